The Morgan fingerprint density at radius 1 is 1.28 bits per heavy atom. The largest absolute Gasteiger partial charge is 0.345 e. The zero-order valence-electron chi connectivity index (χ0n) is 14.6. The van der Waals surface area contributed by atoms with E-state index in [9.17, 15) is 4.79 Å². The number of nitrogens with zero attached hydrogens (tertiary/aromatic N) is 6. The van der Waals surface area contributed by atoms with Crippen LogP contribution in [0, 0.1) is 18.8 Å². The van der Waals surface area contributed by atoms with Crippen LogP contribution < -0.4 is 5.32 Å². The van der Waals surface area contributed by atoms with E-state index in [2.05, 4.69) is 25.8 Å². The molecule has 4 fully saturated rings. The van der Waals surface area contributed by atoms with Gasteiger partial charge in [-0.25, -0.2) is 0 Å². The molecule has 2 aromatic heterocycles. The van der Waals surface area contributed by atoms with Gasteiger partial charge in [-0.15, -0.1) is 10.2 Å². The molecule has 6 rings (SSSR count). The molecule has 0 spiro atoms. The zero-order valence-corrected chi connectivity index (χ0v) is 14.6. The third-order valence-electron chi connectivity index (χ3n) is 6.40. The first kappa shape index (κ1) is 15.0. The molecule has 25 heavy (non-hydrogen) atoms. The molecule has 2 unspecified atom stereocenters. The van der Waals surface area contributed by atoms with Crippen LogP contribution in [-0.4, -0.2) is 41.4 Å². The van der Waals surface area contributed by atoms with Crippen molar-refractivity contribution in [2.45, 2.75) is 56.5 Å². The summed E-state index contributed by atoms with van der Waals surface area (Å²) < 4.78 is 1.63. The maximum Gasteiger partial charge on any atom is 0.269 e. The first-order valence-corrected chi connectivity index (χ1v) is 9.05. The third kappa shape index (κ3) is 2.22. The second kappa shape index (κ2) is 4.89. The van der Waals surface area contributed by atoms with E-state index in [1.165, 1.54) is 6.42 Å². The SMILES string of the molecule is Cc1nnn(C23CC4CC(CC(NC(=O)c5ccnn5C)(C4)C2)C3)n1. The van der Waals surface area contributed by atoms with Crippen molar-refractivity contribution < 1.29 is 4.79 Å². The number of aromatic nitrogens is 6. The number of amides is 1. The quantitative estimate of drug-likeness (QED) is 0.906. The van der Waals surface area contributed by atoms with Gasteiger partial charge in [-0.1, -0.05) is 0 Å². The minimum absolute atomic E-state index is 0.0279. The first-order chi connectivity index (χ1) is 12.0. The van der Waals surface area contributed by atoms with Crippen LogP contribution in [-0.2, 0) is 12.6 Å². The van der Waals surface area contributed by atoms with Crippen LogP contribution in [0.5, 0.6) is 0 Å². The molecule has 8 heteroatoms. The summed E-state index contributed by atoms with van der Waals surface area (Å²) in [5, 5.41) is 20.5. The third-order valence-corrected chi connectivity index (χ3v) is 6.40. The average Bonchev–Trinajstić information content (AvgIpc) is 3.14. The average molecular weight is 341 g/mol. The lowest BCUT2D eigenvalue weighted by molar-refractivity contribution is -0.0811. The summed E-state index contributed by atoms with van der Waals surface area (Å²) in [4.78, 5) is 14.7. The fourth-order valence-electron chi connectivity index (χ4n) is 5.98. The summed E-state index contributed by atoms with van der Waals surface area (Å²) in [5.74, 6) is 1.93. The van der Waals surface area contributed by atoms with Crippen LogP contribution >= 0.6 is 0 Å². The molecule has 0 radical (unpaired) electrons. The van der Waals surface area contributed by atoms with Gasteiger partial charge in [0.1, 0.15) is 5.69 Å². The summed E-state index contributed by atoms with van der Waals surface area (Å²) in [6.07, 6.45) is 8.14. The summed E-state index contributed by atoms with van der Waals surface area (Å²) in [6, 6.07) is 1.77. The lowest BCUT2D eigenvalue weighted by atomic mass is 9.50. The number of carbonyl (C=O) groups is 1. The van der Waals surface area contributed by atoms with Crippen LogP contribution in [0.3, 0.4) is 0 Å². The minimum atomic E-state index is -0.160. The second-order valence-electron chi connectivity index (χ2n) is 8.39. The van der Waals surface area contributed by atoms with Gasteiger partial charge in [0.25, 0.3) is 5.91 Å². The summed E-state index contributed by atoms with van der Waals surface area (Å²) in [7, 11) is 1.80. The molecule has 0 aliphatic heterocycles. The number of rotatable bonds is 3. The van der Waals surface area contributed by atoms with Gasteiger partial charge in [-0.05, 0) is 68.6 Å². The number of carbonyl (C=O) groups excluding carboxylic acids is 1. The highest BCUT2D eigenvalue weighted by molar-refractivity contribution is 5.93. The number of nitrogens with one attached hydrogen (secondary N) is 1. The molecular weight excluding hydrogens is 318 g/mol. The van der Waals surface area contributed by atoms with E-state index in [4.69, 9.17) is 0 Å². The molecule has 1 N–H and O–H groups in total. The Labute approximate surface area is 146 Å². The smallest absolute Gasteiger partial charge is 0.269 e. The van der Waals surface area contributed by atoms with Crippen molar-refractivity contribution in [1.29, 1.82) is 0 Å². The van der Waals surface area contributed by atoms with E-state index in [1.807, 2.05) is 11.7 Å². The van der Waals surface area contributed by atoms with Crippen molar-refractivity contribution in [2.75, 3.05) is 0 Å². The summed E-state index contributed by atoms with van der Waals surface area (Å²) in [6.45, 7) is 1.88. The van der Waals surface area contributed by atoms with Crippen molar-refractivity contribution in [3.63, 3.8) is 0 Å². The molecule has 2 aromatic rings. The van der Waals surface area contributed by atoms with Crippen molar-refractivity contribution in [3.05, 3.63) is 23.8 Å². The van der Waals surface area contributed by atoms with Gasteiger partial charge in [-0.2, -0.15) is 9.90 Å². The second-order valence-corrected chi connectivity index (χ2v) is 8.39. The first-order valence-electron chi connectivity index (χ1n) is 9.05. The fraction of sp³-hybridized carbons (Fsp3) is 0.706. The highest BCUT2D eigenvalue weighted by Gasteiger charge is 2.60. The van der Waals surface area contributed by atoms with Crippen molar-refractivity contribution in [3.8, 4) is 0 Å². The Morgan fingerprint density at radius 3 is 2.64 bits per heavy atom. The fourth-order valence-corrected chi connectivity index (χ4v) is 5.98. The maximum absolute atomic E-state index is 12.8. The molecular formula is C17H23N7O. The van der Waals surface area contributed by atoms with Gasteiger partial charge >= 0.3 is 0 Å². The highest BCUT2D eigenvalue weighted by Crippen LogP contribution is 2.60. The summed E-state index contributed by atoms with van der Waals surface area (Å²) in [5.41, 5.74) is 0.359. The topological polar surface area (TPSA) is 90.5 Å². The molecule has 4 aliphatic rings. The highest BCUT2D eigenvalue weighted by atomic mass is 16.2. The Morgan fingerprint density at radius 2 is 2.04 bits per heavy atom. The predicted molar refractivity (Wildman–Crippen MR) is 88.6 cm³/mol. The number of aryl methyl sites for hydroxylation is 2. The standard InChI is InChI=1S/C17H23N7O/c1-11-20-22-24(21-11)17-8-12-5-13(9-17)7-16(6-12,10-17)19-15(25)14-3-4-18-23(14)2/h3-4,12-13H,5-10H2,1-2H3,(H,19,25). The van der Waals surface area contributed by atoms with E-state index in [-0.39, 0.29) is 17.0 Å². The molecule has 0 aromatic carbocycles. The summed E-state index contributed by atoms with van der Waals surface area (Å²) >= 11 is 0. The molecule has 2 atom stereocenters. The molecule has 8 nitrogen and oxygen atoms in total. The minimum Gasteiger partial charge on any atom is -0.345 e. The number of hydrogen-bond acceptors (Lipinski definition) is 5. The molecule has 1 amide bonds. The van der Waals surface area contributed by atoms with Gasteiger partial charge in [0.05, 0.1) is 5.54 Å². The van der Waals surface area contributed by atoms with Gasteiger partial charge in [0.15, 0.2) is 5.82 Å². The van der Waals surface area contributed by atoms with E-state index >= 15 is 0 Å². The van der Waals surface area contributed by atoms with Crippen LogP contribution in [0.4, 0.5) is 0 Å². The molecule has 2 heterocycles. The van der Waals surface area contributed by atoms with Crippen LogP contribution in [0.2, 0.25) is 0 Å². The predicted octanol–water partition coefficient (Wildman–Crippen LogP) is 1.19. The van der Waals surface area contributed by atoms with Crippen molar-refractivity contribution >= 4 is 5.91 Å². The van der Waals surface area contributed by atoms with Gasteiger partial charge in [0.2, 0.25) is 0 Å². The van der Waals surface area contributed by atoms with Crippen LogP contribution in [0.25, 0.3) is 0 Å². The van der Waals surface area contributed by atoms with E-state index in [0.717, 1.165) is 32.1 Å². The van der Waals surface area contributed by atoms with Crippen molar-refractivity contribution in [2.24, 2.45) is 18.9 Å². The van der Waals surface area contributed by atoms with Crippen LogP contribution in [0.1, 0.15) is 54.8 Å². The van der Waals surface area contributed by atoms with Gasteiger partial charge < -0.3 is 5.32 Å². The normalized spacial score (nSPS) is 35.9. The Kier molecular flexibility index (Phi) is 2.94. The zero-order chi connectivity index (χ0) is 17.2. The Balaban J connectivity index is 1.48. The molecule has 132 valence electrons. The lowest BCUT2D eigenvalue weighted by Crippen LogP contribution is -2.66. The van der Waals surface area contributed by atoms with E-state index < -0.39 is 0 Å². The Bertz CT molecular complexity index is 824. The van der Waals surface area contributed by atoms with Gasteiger partial charge in [0, 0.05) is 18.8 Å². The monoisotopic (exact) mass is 341 g/mol. The van der Waals surface area contributed by atoms with E-state index in [1.54, 1.807) is 24.0 Å². The molecule has 0 saturated heterocycles. The van der Waals surface area contributed by atoms with Crippen LogP contribution in [0.15, 0.2) is 12.3 Å². The maximum atomic E-state index is 12.8. The lowest BCUT2D eigenvalue weighted by Gasteiger charge is -2.61. The van der Waals surface area contributed by atoms with E-state index in [0.29, 0.717) is 23.4 Å². The van der Waals surface area contributed by atoms with Gasteiger partial charge in [-0.3, -0.25) is 9.48 Å². The molecule has 4 aliphatic carbocycles. The number of hydrogen-bond donors (Lipinski definition) is 1. The molecule has 4 bridgehead atoms. The number of tetrazole rings is 1. The van der Waals surface area contributed by atoms with Crippen molar-refractivity contribution in [1.82, 2.24) is 35.3 Å². The Hall–Kier alpha value is -2.25. The molecule has 4 saturated carbocycles.